The second kappa shape index (κ2) is 9.04. The zero-order valence-electron chi connectivity index (χ0n) is 16.3. The van der Waals surface area contributed by atoms with E-state index in [4.69, 9.17) is 0 Å². The molecule has 1 N–H and O–H groups in total. The van der Waals surface area contributed by atoms with Crippen LogP contribution >= 0.6 is 0 Å². The molecule has 0 saturated heterocycles. The first-order chi connectivity index (χ1) is 13.6. The fourth-order valence-electron chi connectivity index (χ4n) is 3.14. The van der Waals surface area contributed by atoms with Gasteiger partial charge in [0.15, 0.2) is 0 Å². The Morgan fingerprint density at radius 3 is 2.32 bits per heavy atom. The van der Waals surface area contributed by atoms with Crippen molar-refractivity contribution in [2.75, 3.05) is 14.1 Å². The number of aromatic nitrogens is 1. The third-order valence-corrected chi connectivity index (χ3v) is 4.74. The molecule has 5 nitrogen and oxygen atoms in total. The van der Waals surface area contributed by atoms with Crippen LogP contribution in [0.3, 0.4) is 0 Å². The lowest BCUT2D eigenvalue weighted by molar-refractivity contribution is 0.0774. The minimum Gasteiger partial charge on any atom is -0.355 e. The second-order valence-electron chi connectivity index (χ2n) is 6.76. The van der Waals surface area contributed by atoms with E-state index < -0.39 is 0 Å². The quantitative estimate of drug-likeness (QED) is 0.688. The summed E-state index contributed by atoms with van der Waals surface area (Å²) in [5.74, 6) is -0.138. The Kier molecular flexibility index (Phi) is 6.27. The molecule has 2 aromatic carbocycles. The van der Waals surface area contributed by atoms with Gasteiger partial charge in [-0.05, 0) is 41.8 Å². The van der Waals surface area contributed by atoms with Gasteiger partial charge in [0, 0.05) is 38.9 Å². The van der Waals surface area contributed by atoms with Crippen molar-refractivity contribution in [1.29, 1.82) is 0 Å². The Bertz CT molecular complexity index is 930. The van der Waals surface area contributed by atoms with Gasteiger partial charge in [-0.3, -0.25) is 9.59 Å². The summed E-state index contributed by atoms with van der Waals surface area (Å²) in [6, 6.07) is 21.3. The molecule has 0 unspecified atom stereocenters. The third kappa shape index (κ3) is 4.68. The van der Waals surface area contributed by atoms with E-state index in [0.717, 1.165) is 18.5 Å². The van der Waals surface area contributed by atoms with E-state index in [0.29, 0.717) is 17.8 Å². The molecule has 3 aromatic rings. The van der Waals surface area contributed by atoms with E-state index in [2.05, 4.69) is 17.4 Å². The normalized spacial score (nSPS) is 10.5. The van der Waals surface area contributed by atoms with Crippen molar-refractivity contribution in [1.82, 2.24) is 14.8 Å². The predicted molar refractivity (Wildman–Crippen MR) is 110 cm³/mol. The molecule has 0 saturated carbocycles. The summed E-state index contributed by atoms with van der Waals surface area (Å²) in [6.45, 7) is 1.24. The maximum atomic E-state index is 12.9. The largest absolute Gasteiger partial charge is 0.355 e. The Labute approximate surface area is 165 Å². The summed E-state index contributed by atoms with van der Waals surface area (Å²) in [7, 11) is 3.40. The van der Waals surface area contributed by atoms with Crippen molar-refractivity contribution in [2.45, 2.75) is 19.5 Å². The van der Waals surface area contributed by atoms with Crippen molar-refractivity contribution in [3.8, 4) is 0 Å². The monoisotopic (exact) mass is 375 g/mol. The van der Waals surface area contributed by atoms with E-state index in [9.17, 15) is 9.59 Å². The summed E-state index contributed by atoms with van der Waals surface area (Å²) >= 11 is 0. The molecule has 0 aliphatic heterocycles. The predicted octanol–water partition coefficient (Wildman–Crippen LogP) is 3.36. The van der Waals surface area contributed by atoms with E-state index in [1.807, 2.05) is 53.2 Å². The molecule has 0 atom stereocenters. The van der Waals surface area contributed by atoms with Gasteiger partial charge in [0.05, 0.1) is 0 Å². The number of nitrogens with zero attached hydrogens (tertiary/aromatic N) is 2. The van der Waals surface area contributed by atoms with Crippen LogP contribution in [0.4, 0.5) is 0 Å². The van der Waals surface area contributed by atoms with Crippen LogP contribution in [0.5, 0.6) is 0 Å². The van der Waals surface area contributed by atoms with Gasteiger partial charge in [-0.25, -0.2) is 0 Å². The first-order valence-electron chi connectivity index (χ1n) is 9.34. The first-order valence-corrected chi connectivity index (χ1v) is 9.34. The van der Waals surface area contributed by atoms with Crippen LogP contribution in [0.25, 0.3) is 0 Å². The lowest BCUT2D eigenvalue weighted by Gasteiger charge is -2.19. The van der Waals surface area contributed by atoms with Gasteiger partial charge in [0.1, 0.15) is 5.69 Å². The fraction of sp³-hybridized carbons (Fsp3) is 0.217. The Morgan fingerprint density at radius 1 is 0.929 bits per heavy atom. The summed E-state index contributed by atoms with van der Waals surface area (Å²) in [5, 5.41) is 2.60. The highest BCUT2D eigenvalue weighted by Gasteiger charge is 2.16. The van der Waals surface area contributed by atoms with E-state index in [-0.39, 0.29) is 11.8 Å². The number of hydrogen-bond donors (Lipinski definition) is 1. The molecule has 144 valence electrons. The van der Waals surface area contributed by atoms with Gasteiger partial charge in [0.2, 0.25) is 0 Å². The molecule has 28 heavy (non-hydrogen) atoms. The van der Waals surface area contributed by atoms with Crippen LogP contribution in [0.15, 0.2) is 72.9 Å². The lowest BCUT2D eigenvalue weighted by Crippen LogP contribution is -2.28. The minimum atomic E-state index is -0.118. The lowest BCUT2D eigenvalue weighted by atomic mass is 10.1. The van der Waals surface area contributed by atoms with Crippen molar-refractivity contribution >= 4 is 11.8 Å². The summed E-state index contributed by atoms with van der Waals surface area (Å²) in [5.41, 5.74) is 3.51. The number of amides is 2. The SMILES string of the molecule is CNC(=O)c1ccc(CN(C)C(=O)c2cccn2CCc2ccccc2)cc1. The molecule has 1 heterocycles. The Hall–Kier alpha value is -3.34. The number of carbonyl (C=O) groups excluding carboxylic acids is 2. The number of nitrogens with one attached hydrogen (secondary N) is 1. The maximum Gasteiger partial charge on any atom is 0.270 e. The Balaban J connectivity index is 1.63. The van der Waals surface area contributed by atoms with Crippen LogP contribution < -0.4 is 5.32 Å². The van der Waals surface area contributed by atoms with Gasteiger partial charge in [0.25, 0.3) is 11.8 Å². The molecule has 2 amide bonds. The second-order valence-corrected chi connectivity index (χ2v) is 6.76. The zero-order chi connectivity index (χ0) is 19.9. The van der Waals surface area contributed by atoms with Crippen LogP contribution in [0, 0.1) is 0 Å². The maximum absolute atomic E-state index is 12.9. The zero-order valence-corrected chi connectivity index (χ0v) is 16.3. The average molecular weight is 375 g/mol. The number of carbonyl (C=O) groups is 2. The highest BCUT2D eigenvalue weighted by Crippen LogP contribution is 2.12. The highest BCUT2D eigenvalue weighted by atomic mass is 16.2. The molecule has 0 aliphatic rings. The molecule has 0 aliphatic carbocycles. The standard InChI is InChI=1S/C23H25N3O2/c1-24-22(27)20-12-10-19(11-13-20)17-25(2)23(28)21-9-6-15-26(21)16-14-18-7-4-3-5-8-18/h3-13,15H,14,16-17H2,1-2H3,(H,24,27). The van der Waals surface area contributed by atoms with Crippen LogP contribution in [0.1, 0.15) is 32.0 Å². The summed E-state index contributed by atoms with van der Waals surface area (Å²) in [6.07, 6.45) is 2.82. The fourth-order valence-corrected chi connectivity index (χ4v) is 3.14. The van der Waals surface area contributed by atoms with Gasteiger partial charge in [-0.2, -0.15) is 0 Å². The molecule has 3 rings (SSSR count). The van der Waals surface area contributed by atoms with Gasteiger partial charge >= 0.3 is 0 Å². The molecule has 0 bridgehead atoms. The number of hydrogen-bond acceptors (Lipinski definition) is 2. The van der Waals surface area contributed by atoms with Gasteiger partial charge in [-0.15, -0.1) is 0 Å². The highest BCUT2D eigenvalue weighted by molar-refractivity contribution is 5.94. The average Bonchev–Trinajstić information content (AvgIpc) is 3.21. The molecular formula is C23H25N3O2. The van der Waals surface area contributed by atoms with E-state index in [1.165, 1.54) is 5.56 Å². The van der Waals surface area contributed by atoms with Crippen molar-refractivity contribution in [3.05, 3.63) is 95.3 Å². The Morgan fingerprint density at radius 2 is 1.64 bits per heavy atom. The van der Waals surface area contributed by atoms with Crippen LogP contribution in [0.2, 0.25) is 0 Å². The number of benzene rings is 2. The first kappa shape index (κ1) is 19.4. The topological polar surface area (TPSA) is 54.3 Å². The molecule has 1 aromatic heterocycles. The summed E-state index contributed by atoms with van der Waals surface area (Å²) in [4.78, 5) is 26.2. The van der Waals surface area contributed by atoms with Gasteiger partial charge in [-0.1, -0.05) is 42.5 Å². The summed E-state index contributed by atoms with van der Waals surface area (Å²) < 4.78 is 2.00. The molecular weight excluding hydrogens is 350 g/mol. The van der Waals surface area contributed by atoms with Crippen LogP contribution in [-0.2, 0) is 19.5 Å². The van der Waals surface area contributed by atoms with Crippen molar-refractivity contribution < 1.29 is 9.59 Å². The van der Waals surface area contributed by atoms with Gasteiger partial charge < -0.3 is 14.8 Å². The van der Waals surface area contributed by atoms with Crippen LogP contribution in [-0.4, -0.2) is 35.4 Å². The molecule has 0 radical (unpaired) electrons. The molecule has 5 heteroatoms. The minimum absolute atomic E-state index is 0.0200. The van der Waals surface area contributed by atoms with E-state index in [1.54, 1.807) is 31.1 Å². The molecule has 0 fully saturated rings. The van der Waals surface area contributed by atoms with Crippen molar-refractivity contribution in [2.24, 2.45) is 0 Å². The van der Waals surface area contributed by atoms with E-state index >= 15 is 0 Å². The number of aryl methyl sites for hydroxylation is 2. The smallest absolute Gasteiger partial charge is 0.270 e. The number of rotatable bonds is 7. The molecule has 0 spiro atoms. The third-order valence-electron chi connectivity index (χ3n) is 4.74. The van der Waals surface area contributed by atoms with Crippen molar-refractivity contribution in [3.63, 3.8) is 0 Å².